The third kappa shape index (κ3) is 2.35. The van der Waals surface area contributed by atoms with Crippen molar-refractivity contribution < 1.29 is 14.8 Å². The molecule has 17 heavy (non-hydrogen) atoms. The first-order valence-electron chi connectivity index (χ1n) is 5.21. The fourth-order valence-electron chi connectivity index (χ4n) is 1.57. The lowest BCUT2D eigenvalue weighted by Crippen LogP contribution is -2.18. The number of anilines is 1. The predicted octanol–water partition coefficient (Wildman–Crippen LogP) is 2.26. The third-order valence-electron chi connectivity index (χ3n) is 2.88. The van der Waals surface area contributed by atoms with E-state index in [1.54, 1.807) is 0 Å². The van der Waals surface area contributed by atoms with E-state index < -0.39 is 10.9 Å². The Morgan fingerprint density at radius 2 is 2.18 bits per heavy atom. The Bertz CT molecular complexity index is 494. The van der Waals surface area contributed by atoms with E-state index in [-0.39, 0.29) is 16.8 Å². The number of carbonyl (C=O) groups is 1. The molecule has 0 radical (unpaired) electrons. The Hall–Kier alpha value is -2.11. The first-order valence-corrected chi connectivity index (χ1v) is 5.21. The second-order valence-corrected chi connectivity index (χ2v) is 4.48. The topological polar surface area (TPSA) is 92.5 Å². The lowest BCUT2D eigenvalue weighted by Gasteiger charge is -2.14. The molecule has 0 heterocycles. The van der Waals surface area contributed by atoms with Crippen LogP contribution in [0.4, 0.5) is 11.4 Å². The number of benzene rings is 1. The summed E-state index contributed by atoms with van der Waals surface area (Å²) in [5.74, 6) is -1.17. The summed E-state index contributed by atoms with van der Waals surface area (Å²) in [5, 5.41) is 22.7. The van der Waals surface area contributed by atoms with Gasteiger partial charge in [-0.25, -0.2) is 4.79 Å². The van der Waals surface area contributed by atoms with Crippen LogP contribution in [0.5, 0.6) is 0 Å². The minimum Gasteiger partial charge on any atom is -0.478 e. The number of nitrogens with one attached hydrogen (secondary N) is 1. The molecule has 0 aliphatic heterocycles. The van der Waals surface area contributed by atoms with Crippen molar-refractivity contribution in [1.82, 2.24) is 0 Å². The third-order valence-corrected chi connectivity index (χ3v) is 2.88. The van der Waals surface area contributed by atoms with Crippen molar-refractivity contribution in [2.75, 3.05) is 5.32 Å². The van der Waals surface area contributed by atoms with Crippen LogP contribution < -0.4 is 5.32 Å². The summed E-state index contributed by atoms with van der Waals surface area (Å²) < 4.78 is 0. The summed E-state index contributed by atoms with van der Waals surface area (Å²) in [5.41, 5.74) is 0.0877. The van der Waals surface area contributed by atoms with Gasteiger partial charge in [-0.2, -0.15) is 0 Å². The number of aromatic carboxylic acids is 1. The van der Waals surface area contributed by atoms with E-state index in [9.17, 15) is 14.9 Å². The molecule has 6 nitrogen and oxygen atoms in total. The Morgan fingerprint density at radius 3 is 2.65 bits per heavy atom. The van der Waals surface area contributed by atoms with Gasteiger partial charge in [0.1, 0.15) is 0 Å². The van der Waals surface area contributed by atoms with Crippen LogP contribution in [0.3, 0.4) is 0 Å². The van der Waals surface area contributed by atoms with Gasteiger partial charge in [0.25, 0.3) is 5.69 Å². The van der Waals surface area contributed by atoms with Gasteiger partial charge < -0.3 is 10.4 Å². The molecule has 0 bridgehead atoms. The van der Waals surface area contributed by atoms with Crippen LogP contribution >= 0.6 is 0 Å². The molecule has 1 aliphatic rings. The van der Waals surface area contributed by atoms with Crippen molar-refractivity contribution in [1.29, 1.82) is 0 Å². The van der Waals surface area contributed by atoms with Gasteiger partial charge in [0.2, 0.25) is 0 Å². The smallest absolute Gasteiger partial charge is 0.338 e. The van der Waals surface area contributed by atoms with E-state index in [4.69, 9.17) is 5.11 Å². The largest absolute Gasteiger partial charge is 0.478 e. The van der Waals surface area contributed by atoms with Gasteiger partial charge in [0, 0.05) is 23.4 Å². The molecular weight excluding hydrogens is 224 g/mol. The number of rotatable bonds is 4. The van der Waals surface area contributed by atoms with Gasteiger partial charge in [-0.1, -0.05) is 0 Å². The molecule has 1 saturated carbocycles. The van der Waals surface area contributed by atoms with E-state index in [2.05, 4.69) is 5.32 Å². The minimum atomic E-state index is -1.17. The van der Waals surface area contributed by atoms with Crippen LogP contribution in [0.2, 0.25) is 0 Å². The van der Waals surface area contributed by atoms with E-state index in [0.29, 0.717) is 5.69 Å². The number of hydrogen-bond donors (Lipinski definition) is 2. The maximum Gasteiger partial charge on any atom is 0.338 e. The molecule has 2 rings (SSSR count). The Labute approximate surface area is 97.4 Å². The highest BCUT2D eigenvalue weighted by atomic mass is 16.6. The Kier molecular flexibility index (Phi) is 2.49. The zero-order valence-electron chi connectivity index (χ0n) is 9.27. The number of nitro groups is 1. The first-order chi connectivity index (χ1) is 7.91. The molecule has 1 aromatic carbocycles. The fourth-order valence-corrected chi connectivity index (χ4v) is 1.57. The molecule has 0 saturated heterocycles. The van der Waals surface area contributed by atoms with Crippen LogP contribution in [0.15, 0.2) is 18.2 Å². The highest BCUT2D eigenvalue weighted by molar-refractivity contribution is 5.95. The molecule has 1 aliphatic carbocycles. The van der Waals surface area contributed by atoms with Gasteiger partial charge in [0.15, 0.2) is 0 Å². The highest BCUT2D eigenvalue weighted by Gasteiger charge is 2.38. The quantitative estimate of drug-likeness (QED) is 0.617. The van der Waals surface area contributed by atoms with Crippen molar-refractivity contribution in [2.45, 2.75) is 25.3 Å². The van der Waals surface area contributed by atoms with Gasteiger partial charge in [0.05, 0.1) is 10.5 Å². The molecule has 6 heteroatoms. The molecular formula is C11H12N2O4. The lowest BCUT2D eigenvalue weighted by molar-refractivity contribution is -0.384. The van der Waals surface area contributed by atoms with E-state index in [1.165, 1.54) is 12.1 Å². The van der Waals surface area contributed by atoms with Gasteiger partial charge >= 0.3 is 5.97 Å². The van der Waals surface area contributed by atoms with Crippen molar-refractivity contribution >= 4 is 17.3 Å². The first kappa shape index (κ1) is 11.4. The highest BCUT2D eigenvalue weighted by Crippen LogP contribution is 2.39. The Morgan fingerprint density at radius 1 is 1.53 bits per heavy atom. The number of carboxylic acids is 1. The average Bonchev–Trinajstić information content (AvgIpc) is 2.96. The molecule has 0 amide bonds. The standard InChI is InChI=1S/C11H12N2O4/c1-11(4-5-11)12-9-3-2-7(13(16)17)6-8(9)10(14)15/h2-3,6,12H,4-5H2,1H3,(H,14,15). The van der Waals surface area contributed by atoms with Crippen molar-refractivity contribution in [3.63, 3.8) is 0 Å². The summed E-state index contributed by atoms with van der Waals surface area (Å²) in [6.45, 7) is 1.99. The number of carboxylic acid groups (broad SMARTS) is 1. The molecule has 0 atom stereocenters. The van der Waals surface area contributed by atoms with Crippen molar-refractivity contribution in [3.8, 4) is 0 Å². The van der Waals surface area contributed by atoms with Gasteiger partial charge in [-0.3, -0.25) is 10.1 Å². The summed E-state index contributed by atoms with van der Waals surface area (Å²) in [7, 11) is 0. The number of nitrogens with zero attached hydrogens (tertiary/aromatic N) is 1. The second-order valence-electron chi connectivity index (χ2n) is 4.48. The minimum absolute atomic E-state index is 0.0627. The molecule has 1 aromatic rings. The normalized spacial score (nSPS) is 16.3. The fraction of sp³-hybridized carbons (Fsp3) is 0.364. The maximum atomic E-state index is 11.0. The van der Waals surface area contributed by atoms with Crippen LogP contribution in [0.25, 0.3) is 0 Å². The number of hydrogen-bond acceptors (Lipinski definition) is 4. The van der Waals surface area contributed by atoms with Crippen LogP contribution in [-0.4, -0.2) is 21.5 Å². The summed E-state index contributed by atoms with van der Waals surface area (Å²) >= 11 is 0. The zero-order valence-corrected chi connectivity index (χ0v) is 9.27. The molecule has 0 aromatic heterocycles. The van der Waals surface area contributed by atoms with Crippen LogP contribution in [-0.2, 0) is 0 Å². The maximum absolute atomic E-state index is 11.0. The van der Waals surface area contributed by atoms with Crippen molar-refractivity contribution in [2.24, 2.45) is 0 Å². The SMILES string of the molecule is CC1(Nc2ccc([N+](=O)[O-])cc2C(=O)O)CC1. The van der Waals surface area contributed by atoms with Gasteiger partial charge in [-0.05, 0) is 25.8 Å². The molecule has 0 spiro atoms. The van der Waals surface area contributed by atoms with Gasteiger partial charge in [-0.15, -0.1) is 0 Å². The number of nitro benzene ring substituents is 1. The molecule has 0 unspecified atom stereocenters. The molecule has 90 valence electrons. The molecule has 1 fully saturated rings. The summed E-state index contributed by atoms with van der Waals surface area (Å²) in [6, 6.07) is 3.84. The predicted molar refractivity (Wildman–Crippen MR) is 61.3 cm³/mol. The lowest BCUT2D eigenvalue weighted by atomic mass is 10.1. The monoisotopic (exact) mass is 236 g/mol. The second kappa shape index (κ2) is 3.73. The zero-order chi connectivity index (χ0) is 12.6. The molecule has 2 N–H and O–H groups in total. The summed E-state index contributed by atoms with van der Waals surface area (Å²) in [6.07, 6.45) is 1.95. The number of non-ortho nitro benzene ring substituents is 1. The van der Waals surface area contributed by atoms with E-state index >= 15 is 0 Å². The van der Waals surface area contributed by atoms with Crippen LogP contribution in [0.1, 0.15) is 30.1 Å². The van der Waals surface area contributed by atoms with E-state index in [1.807, 2.05) is 6.92 Å². The summed E-state index contributed by atoms with van der Waals surface area (Å²) in [4.78, 5) is 21.0. The average molecular weight is 236 g/mol. The Balaban J connectivity index is 2.37. The van der Waals surface area contributed by atoms with Crippen molar-refractivity contribution in [3.05, 3.63) is 33.9 Å². The van der Waals surface area contributed by atoms with Crippen LogP contribution in [0, 0.1) is 10.1 Å². The van der Waals surface area contributed by atoms with E-state index in [0.717, 1.165) is 18.9 Å².